The topological polar surface area (TPSA) is 101 Å². The van der Waals surface area contributed by atoms with Gasteiger partial charge in [0, 0.05) is 29.8 Å². The zero-order valence-electron chi connectivity index (χ0n) is 12.4. The number of hydrogen-bond donors (Lipinski definition) is 2. The molecule has 1 unspecified atom stereocenters. The number of nitro groups is 1. The minimum Gasteiger partial charge on any atom is -0.346 e. The maximum atomic E-state index is 13.3. The summed E-state index contributed by atoms with van der Waals surface area (Å²) in [4.78, 5) is 29.8. The van der Waals surface area contributed by atoms with Crippen LogP contribution in [0.3, 0.4) is 0 Å². The quantitative estimate of drug-likeness (QED) is 0.670. The molecule has 1 heterocycles. The second-order valence-corrected chi connectivity index (χ2v) is 5.60. The number of nitrogens with zero attached hydrogens (tertiary/aromatic N) is 2. The summed E-state index contributed by atoms with van der Waals surface area (Å²) in [5.74, 6) is -0.580. The van der Waals surface area contributed by atoms with Crippen molar-refractivity contribution in [3.63, 3.8) is 0 Å². The summed E-state index contributed by atoms with van der Waals surface area (Å²) in [5, 5.41) is 13.4. The Kier molecular flexibility index (Phi) is 3.81. The average molecular weight is 318 g/mol. The Labute approximate surface area is 131 Å². The molecule has 8 heteroatoms. The molecule has 23 heavy (non-hydrogen) atoms. The maximum absolute atomic E-state index is 13.3. The van der Waals surface area contributed by atoms with Gasteiger partial charge in [0.2, 0.25) is 11.7 Å². The van der Waals surface area contributed by atoms with E-state index >= 15 is 0 Å². The van der Waals surface area contributed by atoms with E-state index in [4.69, 9.17) is 0 Å². The van der Waals surface area contributed by atoms with Crippen molar-refractivity contribution in [2.45, 2.75) is 26.2 Å². The summed E-state index contributed by atoms with van der Waals surface area (Å²) in [5.41, 5.74) is 1.51. The first-order chi connectivity index (χ1) is 10.9. The van der Waals surface area contributed by atoms with Crippen LogP contribution >= 0.6 is 0 Å². The highest BCUT2D eigenvalue weighted by Crippen LogP contribution is 2.26. The Bertz CT molecular complexity index is 787. The van der Waals surface area contributed by atoms with Crippen molar-refractivity contribution < 1.29 is 14.1 Å². The second-order valence-electron chi connectivity index (χ2n) is 5.60. The first-order valence-electron chi connectivity index (χ1n) is 7.23. The van der Waals surface area contributed by atoms with Gasteiger partial charge in [-0.15, -0.1) is 0 Å². The van der Waals surface area contributed by atoms with E-state index in [1.807, 2.05) is 6.92 Å². The molecular weight excluding hydrogens is 303 g/mol. The van der Waals surface area contributed by atoms with Crippen molar-refractivity contribution in [2.24, 2.45) is 5.92 Å². The highest BCUT2D eigenvalue weighted by atomic mass is 19.1. The Hall–Kier alpha value is -2.77. The molecule has 1 amide bonds. The van der Waals surface area contributed by atoms with Gasteiger partial charge in [0.05, 0.1) is 10.6 Å². The molecular formula is C15H15FN4O3. The van der Waals surface area contributed by atoms with Gasteiger partial charge >= 0.3 is 5.69 Å². The minimum atomic E-state index is -0.928. The largest absolute Gasteiger partial charge is 0.346 e. The third kappa shape index (κ3) is 3.05. The lowest BCUT2D eigenvalue weighted by atomic mass is 9.89. The smallest absolute Gasteiger partial charge is 0.306 e. The first kappa shape index (κ1) is 15.1. The van der Waals surface area contributed by atoms with E-state index < -0.39 is 16.4 Å². The lowest BCUT2D eigenvalue weighted by Crippen LogP contribution is -2.28. The van der Waals surface area contributed by atoms with Crippen LogP contribution in [-0.2, 0) is 17.6 Å². The van der Waals surface area contributed by atoms with Crippen LogP contribution in [-0.4, -0.2) is 20.8 Å². The van der Waals surface area contributed by atoms with Gasteiger partial charge in [-0.05, 0) is 31.9 Å². The fourth-order valence-electron chi connectivity index (χ4n) is 2.82. The zero-order chi connectivity index (χ0) is 16.6. The first-order valence-corrected chi connectivity index (χ1v) is 7.23. The molecule has 1 aliphatic rings. The van der Waals surface area contributed by atoms with E-state index in [0.29, 0.717) is 19.3 Å². The number of anilines is 1. The number of aryl methyl sites for hydroxylation is 2. The van der Waals surface area contributed by atoms with Gasteiger partial charge in [-0.2, -0.15) is 4.39 Å². The third-order valence-corrected chi connectivity index (χ3v) is 3.94. The molecule has 0 fully saturated rings. The van der Waals surface area contributed by atoms with E-state index in [9.17, 15) is 19.3 Å². The van der Waals surface area contributed by atoms with Crippen LogP contribution in [0.25, 0.3) is 0 Å². The maximum Gasteiger partial charge on any atom is 0.306 e. The predicted octanol–water partition coefficient (Wildman–Crippen LogP) is 2.51. The monoisotopic (exact) mass is 318 g/mol. The summed E-state index contributed by atoms with van der Waals surface area (Å²) in [6, 6.07) is 3.32. The Morgan fingerprint density at radius 3 is 3.04 bits per heavy atom. The molecule has 2 aromatic rings. The van der Waals surface area contributed by atoms with Gasteiger partial charge in [-0.3, -0.25) is 14.9 Å². The number of imidazole rings is 1. The number of aromatic amines is 1. The molecule has 120 valence electrons. The van der Waals surface area contributed by atoms with Crippen LogP contribution in [0.1, 0.15) is 23.6 Å². The molecule has 3 rings (SSSR count). The van der Waals surface area contributed by atoms with Crippen molar-refractivity contribution >= 4 is 17.3 Å². The van der Waals surface area contributed by atoms with Crippen LogP contribution in [0.15, 0.2) is 18.2 Å². The van der Waals surface area contributed by atoms with Crippen LogP contribution in [0.5, 0.6) is 0 Å². The second kappa shape index (κ2) is 5.79. The SMILES string of the molecule is Cc1nc2c([nH]1)CC(C(=O)Nc1ccc(F)c([N+](=O)[O-])c1)CC2. The highest BCUT2D eigenvalue weighted by Gasteiger charge is 2.27. The molecule has 2 N–H and O–H groups in total. The van der Waals surface area contributed by atoms with Crippen LogP contribution < -0.4 is 5.32 Å². The van der Waals surface area contributed by atoms with Crippen molar-refractivity contribution in [3.8, 4) is 0 Å². The number of fused-ring (bicyclic) bond motifs is 1. The summed E-state index contributed by atoms with van der Waals surface area (Å²) >= 11 is 0. The molecule has 1 aromatic carbocycles. The van der Waals surface area contributed by atoms with Crippen LogP contribution in [0.4, 0.5) is 15.8 Å². The number of carbonyl (C=O) groups is 1. The fraction of sp³-hybridized carbons (Fsp3) is 0.333. The number of hydrogen-bond acceptors (Lipinski definition) is 4. The van der Waals surface area contributed by atoms with E-state index in [0.717, 1.165) is 29.3 Å². The number of amides is 1. The molecule has 0 saturated carbocycles. The minimum absolute atomic E-state index is 0.217. The molecule has 0 radical (unpaired) electrons. The molecule has 1 atom stereocenters. The van der Waals surface area contributed by atoms with Crippen LogP contribution in [0, 0.1) is 28.8 Å². The molecule has 1 aromatic heterocycles. The number of carbonyl (C=O) groups excluding carboxylic acids is 1. The predicted molar refractivity (Wildman–Crippen MR) is 80.5 cm³/mol. The number of rotatable bonds is 3. The lowest BCUT2D eigenvalue weighted by Gasteiger charge is -2.20. The number of aromatic nitrogens is 2. The normalized spacial score (nSPS) is 16.7. The summed E-state index contributed by atoms with van der Waals surface area (Å²) < 4.78 is 13.3. The number of nitrogens with one attached hydrogen (secondary N) is 2. The zero-order valence-corrected chi connectivity index (χ0v) is 12.4. The van der Waals surface area contributed by atoms with Crippen molar-refractivity contribution in [3.05, 3.63) is 51.3 Å². The number of nitro benzene ring substituents is 1. The third-order valence-electron chi connectivity index (χ3n) is 3.94. The van der Waals surface area contributed by atoms with Crippen molar-refractivity contribution in [1.29, 1.82) is 0 Å². The van der Waals surface area contributed by atoms with E-state index in [2.05, 4.69) is 15.3 Å². The Morgan fingerprint density at radius 2 is 2.30 bits per heavy atom. The Morgan fingerprint density at radius 1 is 1.52 bits per heavy atom. The standard InChI is InChI=1S/C15H15FN4O3/c1-8-17-12-5-2-9(6-13(12)18-8)15(21)19-10-3-4-11(16)14(7-10)20(22)23/h3-4,7,9H,2,5-6H2,1H3,(H,17,18)(H,19,21). The molecule has 0 saturated heterocycles. The van der Waals surface area contributed by atoms with Gasteiger partial charge in [-0.25, -0.2) is 4.98 Å². The number of halogens is 1. The summed E-state index contributed by atoms with van der Waals surface area (Å²) in [7, 11) is 0. The highest BCUT2D eigenvalue weighted by molar-refractivity contribution is 5.93. The molecule has 1 aliphatic carbocycles. The van der Waals surface area contributed by atoms with Crippen LogP contribution in [0.2, 0.25) is 0 Å². The summed E-state index contributed by atoms with van der Waals surface area (Å²) in [6.45, 7) is 1.87. The van der Waals surface area contributed by atoms with Gasteiger partial charge < -0.3 is 10.3 Å². The van der Waals surface area contributed by atoms with Gasteiger partial charge in [0.25, 0.3) is 0 Å². The van der Waals surface area contributed by atoms with Gasteiger partial charge in [-0.1, -0.05) is 0 Å². The molecule has 0 aliphatic heterocycles. The molecule has 0 spiro atoms. The van der Waals surface area contributed by atoms with Crippen molar-refractivity contribution in [1.82, 2.24) is 9.97 Å². The fourth-order valence-corrected chi connectivity index (χ4v) is 2.82. The van der Waals surface area contributed by atoms with E-state index in [-0.39, 0.29) is 17.5 Å². The lowest BCUT2D eigenvalue weighted by molar-refractivity contribution is -0.387. The molecule has 0 bridgehead atoms. The molecule has 7 nitrogen and oxygen atoms in total. The van der Waals surface area contributed by atoms with Gasteiger partial charge in [0.1, 0.15) is 5.82 Å². The Balaban J connectivity index is 1.73. The van der Waals surface area contributed by atoms with E-state index in [1.54, 1.807) is 0 Å². The summed E-state index contributed by atoms with van der Waals surface area (Å²) in [6.07, 6.45) is 1.92. The average Bonchev–Trinajstić information content (AvgIpc) is 2.87. The number of benzene rings is 1. The van der Waals surface area contributed by atoms with Gasteiger partial charge in [0.15, 0.2) is 0 Å². The van der Waals surface area contributed by atoms with E-state index in [1.165, 1.54) is 6.07 Å². The number of H-pyrrole nitrogens is 1. The van der Waals surface area contributed by atoms with Crippen molar-refractivity contribution in [2.75, 3.05) is 5.32 Å².